The average Bonchev–Trinajstić information content (AvgIpc) is 2.61. The molecule has 2 heterocycles. The van der Waals surface area contributed by atoms with Crippen LogP contribution in [-0.4, -0.2) is 16.4 Å². The molecule has 7 heteroatoms. The maximum absolute atomic E-state index is 12.4. The molecule has 0 aliphatic carbocycles. The Morgan fingerprint density at radius 2 is 2.19 bits per heavy atom. The lowest BCUT2D eigenvalue weighted by molar-refractivity contribution is -0.142. The van der Waals surface area contributed by atoms with Gasteiger partial charge in [0.1, 0.15) is 5.82 Å². The molecule has 0 amide bonds. The number of ether oxygens (including phenoxy) is 1. The molecule has 1 atom stereocenters. The smallest absolute Gasteiger partial charge is 0.384 e. The highest BCUT2D eigenvalue weighted by molar-refractivity contribution is 5.32. The van der Waals surface area contributed by atoms with E-state index in [0.717, 1.165) is 23.6 Å². The van der Waals surface area contributed by atoms with Crippen LogP contribution in [-0.2, 0) is 10.9 Å². The van der Waals surface area contributed by atoms with Crippen LogP contribution in [0.25, 0.3) is 0 Å². The summed E-state index contributed by atoms with van der Waals surface area (Å²) in [4.78, 5) is 0. The van der Waals surface area contributed by atoms with E-state index in [1.807, 2.05) is 0 Å². The van der Waals surface area contributed by atoms with Gasteiger partial charge < -0.3 is 10.5 Å². The molecular weight excluding hydrogens is 223 g/mol. The van der Waals surface area contributed by atoms with Crippen molar-refractivity contribution in [3.05, 3.63) is 11.8 Å². The zero-order chi connectivity index (χ0) is 11.8. The first-order valence-electron chi connectivity index (χ1n) is 5.02. The molecule has 16 heavy (non-hydrogen) atoms. The molecule has 1 fully saturated rings. The van der Waals surface area contributed by atoms with Gasteiger partial charge in [-0.2, -0.15) is 18.3 Å². The number of anilines is 1. The van der Waals surface area contributed by atoms with Crippen molar-refractivity contribution >= 4 is 5.82 Å². The fraction of sp³-hybridized carbons (Fsp3) is 0.667. The van der Waals surface area contributed by atoms with Crippen molar-refractivity contribution < 1.29 is 17.9 Å². The van der Waals surface area contributed by atoms with Crippen molar-refractivity contribution in [3.63, 3.8) is 0 Å². The van der Waals surface area contributed by atoms with Crippen LogP contribution < -0.4 is 5.73 Å². The largest absolute Gasteiger partial charge is 0.435 e. The molecule has 1 unspecified atom stereocenters. The first kappa shape index (κ1) is 11.3. The molecule has 1 aromatic rings. The minimum atomic E-state index is -4.46. The Morgan fingerprint density at radius 3 is 2.69 bits per heavy atom. The third-order valence-electron chi connectivity index (χ3n) is 2.48. The van der Waals surface area contributed by atoms with E-state index in [4.69, 9.17) is 10.5 Å². The van der Waals surface area contributed by atoms with Gasteiger partial charge in [0.25, 0.3) is 0 Å². The molecule has 1 aliphatic heterocycles. The summed E-state index contributed by atoms with van der Waals surface area (Å²) in [5.41, 5.74) is 4.52. The highest BCUT2D eigenvalue weighted by Gasteiger charge is 2.35. The first-order chi connectivity index (χ1) is 7.48. The van der Waals surface area contributed by atoms with Crippen LogP contribution in [0.5, 0.6) is 0 Å². The number of nitrogens with two attached hydrogens (primary N) is 1. The summed E-state index contributed by atoms with van der Waals surface area (Å²) in [7, 11) is 0. The summed E-state index contributed by atoms with van der Waals surface area (Å²) in [6, 6.07) is 0.831. The number of alkyl halides is 3. The van der Waals surface area contributed by atoms with Crippen LogP contribution >= 0.6 is 0 Å². The van der Waals surface area contributed by atoms with Crippen LogP contribution in [0.15, 0.2) is 6.07 Å². The van der Waals surface area contributed by atoms with E-state index >= 15 is 0 Å². The van der Waals surface area contributed by atoms with Gasteiger partial charge in [0.2, 0.25) is 0 Å². The Balaban J connectivity index is 2.24. The number of hydrogen-bond acceptors (Lipinski definition) is 3. The molecule has 4 nitrogen and oxygen atoms in total. The molecule has 0 radical (unpaired) electrons. The standard InChI is InChI=1S/C9H12F3N3O/c10-9(11,12)6-5-7(13)15(14-6)8-3-1-2-4-16-8/h5,8H,1-4,13H2. The monoisotopic (exact) mass is 235 g/mol. The molecule has 2 rings (SSSR count). The van der Waals surface area contributed by atoms with E-state index in [1.165, 1.54) is 0 Å². The van der Waals surface area contributed by atoms with Crippen LogP contribution in [0.4, 0.5) is 19.0 Å². The van der Waals surface area contributed by atoms with Crippen LogP contribution in [0.2, 0.25) is 0 Å². The predicted molar refractivity (Wildman–Crippen MR) is 50.5 cm³/mol. The van der Waals surface area contributed by atoms with Gasteiger partial charge in [-0.05, 0) is 19.3 Å². The molecule has 0 aromatic carbocycles. The van der Waals surface area contributed by atoms with Crippen molar-refractivity contribution in [1.82, 2.24) is 9.78 Å². The molecule has 0 bridgehead atoms. The van der Waals surface area contributed by atoms with Crippen molar-refractivity contribution in [2.75, 3.05) is 12.3 Å². The lowest BCUT2D eigenvalue weighted by Gasteiger charge is -2.23. The van der Waals surface area contributed by atoms with E-state index in [0.29, 0.717) is 13.0 Å². The van der Waals surface area contributed by atoms with Gasteiger partial charge in [-0.3, -0.25) is 0 Å². The maximum Gasteiger partial charge on any atom is 0.435 e. The number of halogens is 3. The van der Waals surface area contributed by atoms with Crippen LogP contribution in [0.1, 0.15) is 31.2 Å². The molecule has 0 spiro atoms. The van der Waals surface area contributed by atoms with Gasteiger partial charge in [-0.1, -0.05) is 0 Å². The second-order valence-corrected chi connectivity index (χ2v) is 3.72. The number of nitrogen functional groups attached to an aromatic ring is 1. The number of hydrogen-bond donors (Lipinski definition) is 1. The molecule has 1 aromatic heterocycles. The Kier molecular flexibility index (Phi) is 2.79. The van der Waals surface area contributed by atoms with Crippen LogP contribution in [0, 0.1) is 0 Å². The number of aromatic nitrogens is 2. The summed E-state index contributed by atoms with van der Waals surface area (Å²) in [6.45, 7) is 0.533. The van der Waals surface area contributed by atoms with Gasteiger partial charge in [-0.15, -0.1) is 0 Å². The first-order valence-corrected chi connectivity index (χ1v) is 5.02. The summed E-state index contributed by atoms with van der Waals surface area (Å²) in [5, 5.41) is 3.45. The van der Waals surface area contributed by atoms with Gasteiger partial charge in [-0.25, -0.2) is 4.68 Å². The predicted octanol–water partition coefficient (Wildman–Crippen LogP) is 2.18. The lowest BCUT2D eigenvalue weighted by atomic mass is 10.2. The summed E-state index contributed by atoms with van der Waals surface area (Å²) in [5.74, 6) is -0.0146. The molecule has 1 aliphatic rings. The maximum atomic E-state index is 12.4. The SMILES string of the molecule is Nc1cc(C(F)(F)F)nn1C1CCCCO1. The minimum Gasteiger partial charge on any atom is -0.384 e. The zero-order valence-electron chi connectivity index (χ0n) is 8.50. The van der Waals surface area contributed by atoms with E-state index in [9.17, 15) is 13.2 Å². The van der Waals surface area contributed by atoms with Crippen molar-refractivity contribution in [2.45, 2.75) is 31.7 Å². The normalized spacial score (nSPS) is 22.3. The molecule has 2 N–H and O–H groups in total. The van der Waals surface area contributed by atoms with Crippen molar-refractivity contribution in [2.24, 2.45) is 0 Å². The fourth-order valence-electron chi connectivity index (χ4n) is 1.69. The average molecular weight is 235 g/mol. The zero-order valence-corrected chi connectivity index (χ0v) is 8.50. The van der Waals surface area contributed by atoms with E-state index in [2.05, 4.69) is 5.10 Å². The number of nitrogens with zero attached hydrogens (tertiary/aromatic N) is 2. The van der Waals surface area contributed by atoms with Gasteiger partial charge >= 0.3 is 6.18 Å². The topological polar surface area (TPSA) is 53.1 Å². The van der Waals surface area contributed by atoms with E-state index in [-0.39, 0.29) is 5.82 Å². The third-order valence-corrected chi connectivity index (χ3v) is 2.48. The highest BCUT2D eigenvalue weighted by atomic mass is 19.4. The summed E-state index contributed by atoms with van der Waals surface area (Å²) < 4.78 is 43.6. The molecular formula is C9H12F3N3O. The van der Waals surface area contributed by atoms with Crippen LogP contribution in [0.3, 0.4) is 0 Å². The Labute approximate surface area is 90.2 Å². The summed E-state index contributed by atoms with van der Waals surface area (Å²) in [6.07, 6.45) is -2.46. The Bertz CT molecular complexity index is 369. The second-order valence-electron chi connectivity index (χ2n) is 3.72. The van der Waals surface area contributed by atoms with Gasteiger partial charge in [0, 0.05) is 12.7 Å². The third kappa shape index (κ3) is 2.13. The van der Waals surface area contributed by atoms with Crippen molar-refractivity contribution in [3.8, 4) is 0 Å². The number of rotatable bonds is 1. The van der Waals surface area contributed by atoms with Crippen molar-refractivity contribution in [1.29, 1.82) is 0 Å². The fourth-order valence-corrected chi connectivity index (χ4v) is 1.69. The minimum absolute atomic E-state index is 0.0146. The molecule has 90 valence electrons. The Hall–Kier alpha value is -1.24. The molecule has 0 saturated carbocycles. The summed E-state index contributed by atoms with van der Waals surface area (Å²) >= 11 is 0. The van der Waals surface area contributed by atoms with E-state index < -0.39 is 18.1 Å². The second kappa shape index (κ2) is 3.97. The van der Waals surface area contributed by atoms with Gasteiger partial charge in [0.15, 0.2) is 11.9 Å². The quantitative estimate of drug-likeness (QED) is 0.811. The highest BCUT2D eigenvalue weighted by Crippen LogP contribution is 2.32. The lowest BCUT2D eigenvalue weighted by Crippen LogP contribution is -2.21. The molecule has 1 saturated heterocycles. The van der Waals surface area contributed by atoms with Gasteiger partial charge in [0.05, 0.1) is 0 Å². The Morgan fingerprint density at radius 1 is 1.44 bits per heavy atom. The van der Waals surface area contributed by atoms with E-state index in [1.54, 1.807) is 0 Å².